The van der Waals surface area contributed by atoms with E-state index in [0.717, 1.165) is 24.3 Å². The molecule has 1 atom stereocenters. The van der Waals surface area contributed by atoms with Crippen LogP contribution in [0.4, 0.5) is 5.69 Å². The molecular weight excluding hydrogens is 216 g/mol. The van der Waals surface area contributed by atoms with Crippen LogP contribution in [0.3, 0.4) is 0 Å². The Morgan fingerprint density at radius 2 is 2.24 bits per heavy atom. The summed E-state index contributed by atoms with van der Waals surface area (Å²) in [5.74, 6) is -0.00601. The number of hydrogen-bond donors (Lipinski definition) is 2. The fraction of sp³-hybridized carbons (Fsp3) is 0.667. The first-order valence-electron chi connectivity index (χ1n) is 6.12. The van der Waals surface area contributed by atoms with E-state index in [9.17, 15) is 4.79 Å². The van der Waals surface area contributed by atoms with Crippen LogP contribution in [0.5, 0.6) is 0 Å². The van der Waals surface area contributed by atoms with Gasteiger partial charge in [0.1, 0.15) is 0 Å². The van der Waals surface area contributed by atoms with Crippen molar-refractivity contribution < 1.29 is 4.79 Å². The van der Waals surface area contributed by atoms with Crippen LogP contribution < -0.4 is 10.6 Å². The Balaban J connectivity index is 2.60. The predicted molar refractivity (Wildman–Crippen MR) is 68.9 cm³/mol. The lowest BCUT2D eigenvalue weighted by atomic mass is 10.1. The maximum atomic E-state index is 11.9. The normalized spacial score (nSPS) is 12.5. The minimum Gasteiger partial charge on any atom is -0.323 e. The maximum absolute atomic E-state index is 11.9. The smallest absolute Gasteiger partial charge is 0.228 e. The first-order valence-corrected chi connectivity index (χ1v) is 6.12. The van der Waals surface area contributed by atoms with Gasteiger partial charge < -0.3 is 10.6 Å². The zero-order chi connectivity index (χ0) is 12.8. The van der Waals surface area contributed by atoms with Crippen LogP contribution in [0.15, 0.2) is 6.20 Å². The minimum absolute atomic E-state index is 0.0358. The molecule has 0 spiro atoms. The van der Waals surface area contributed by atoms with Crippen molar-refractivity contribution in [3.8, 4) is 0 Å². The highest BCUT2D eigenvalue weighted by Crippen LogP contribution is 2.14. The number of nitrogens with one attached hydrogen (secondary N) is 2. The summed E-state index contributed by atoms with van der Waals surface area (Å²) in [5.41, 5.74) is 1.75. The Hall–Kier alpha value is -1.36. The number of amides is 1. The second-order valence-corrected chi connectivity index (χ2v) is 4.21. The molecule has 0 fully saturated rings. The van der Waals surface area contributed by atoms with Crippen molar-refractivity contribution in [2.45, 2.75) is 27.2 Å². The highest BCUT2D eigenvalue weighted by molar-refractivity contribution is 5.92. The minimum atomic E-state index is -0.0418. The molecule has 96 valence electrons. The van der Waals surface area contributed by atoms with E-state index >= 15 is 0 Å². The first-order chi connectivity index (χ1) is 8.08. The van der Waals surface area contributed by atoms with Gasteiger partial charge in [-0.25, -0.2) is 0 Å². The fourth-order valence-electron chi connectivity index (χ4n) is 1.61. The molecule has 0 aliphatic rings. The lowest BCUT2D eigenvalue weighted by Crippen LogP contribution is -2.30. The zero-order valence-electron chi connectivity index (χ0n) is 11.1. The number of rotatable bonds is 6. The molecule has 1 aromatic rings. The monoisotopic (exact) mass is 238 g/mol. The average molecular weight is 238 g/mol. The van der Waals surface area contributed by atoms with Crippen molar-refractivity contribution in [3.63, 3.8) is 0 Å². The van der Waals surface area contributed by atoms with E-state index in [4.69, 9.17) is 0 Å². The zero-order valence-corrected chi connectivity index (χ0v) is 11.1. The fourth-order valence-corrected chi connectivity index (χ4v) is 1.61. The number of aromatic nitrogens is 2. The molecule has 0 radical (unpaired) electrons. The molecule has 2 N–H and O–H groups in total. The molecule has 1 aromatic heterocycles. The molecule has 1 heterocycles. The van der Waals surface area contributed by atoms with Crippen molar-refractivity contribution in [3.05, 3.63) is 11.9 Å². The van der Waals surface area contributed by atoms with Gasteiger partial charge in [0, 0.05) is 25.7 Å². The van der Waals surface area contributed by atoms with Gasteiger partial charge in [-0.15, -0.1) is 0 Å². The van der Waals surface area contributed by atoms with Crippen molar-refractivity contribution in [1.82, 2.24) is 15.1 Å². The molecule has 17 heavy (non-hydrogen) atoms. The van der Waals surface area contributed by atoms with E-state index in [-0.39, 0.29) is 11.8 Å². The molecule has 0 aliphatic carbocycles. The summed E-state index contributed by atoms with van der Waals surface area (Å²) in [5, 5.41) is 10.4. The molecule has 5 nitrogen and oxygen atoms in total. The van der Waals surface area contributed by atoms with Crippen LogP contribution in [0.2, 0.25) is 0 Å². The molecule has 0 aromatic carbocycles. The van der Waals surface area contributed by atoms with Gasteiger partial charge in [0.15, 0.2) is 0 Å². The van der Waals surface area contributed by atoms with Crippen LogP contribution in [0, 0.1) is 5.92 Å². The van der Waals surface area contributed by atoms with Crippen molar-refractivity contribution in [2.75, 3.05) is 18.4 Å². The summed E-state index contributed by atoms with van der Waals surface area (Å²) in [6, 6.07) is 0. The molecule has 1 amide bonds. The van der Waals surface area contributed by atoms with E-state index in [1.54, 1.807) is 4.68 Å². The Labute approximate surface area is 103 Å². The molecule has 0 aliphatic heterocycles. The van der Waals surface area contributed by atoms with Crippen LogP contribution in [0.1, 0.15) is 26.5 Å². The van der Waals surface area contributed by atoms with Gasteiger partial charge in [0.2, 0.25) is 5.91 Å². The third kappa shape index (κ3) is 3.85. The molecular formula is C12H22N4O. The number of carbonyl (C=O) groups is 1. The molecule has 1 unspecified atom stereocenters. The van der Waals surface area contributed by atoms with E-state index in [0.29, 0.717) is 6.54 Å². The average Bonchev–Trinajstić information content (AvgIpc) is 2.66. The first kappa shape index (κ1) is 13.7. The van der Waals surface area contributed by atoms with Gasteiger partial charge >= 0.3 is 0 Å². The Morgan fingerprint density at radius 1 is 1.53 bits per heavy atom. The largest absolute Gasteiger partial charge is 0.323 e. The number of anilines is 1. The number of nitrogens with zero attached hydrogens (tertiary/aromatic N) is 2. The van der Waals surface area contributed by atoms with E-state index in [2.05, 4.69) is 15.7 Å². The summed E-state index contributed by atoms with van der Waals surface area (Å²) in [6.45, 7) is 7.55. The maximum Gasteiger partial charge on any atom is 0.228 e. The summed E-state index contributed by atoms with van der Waals surface area (Å²) < 4.78 is 1.73. The van der Waals surface area contributed by atoms with Crippen LogP contribution >= 0.6 is 0 Å². The number of hydrogen-bond acceptors (Lipinski definition) is 3. The Morgan fingerprint density at radius 3 is 2.82 bits per heavy atom. The second kappa shape index (κ2) is 6.39. The third-order valence-electron chi connectivity index (χ3n) is 2.65. The quantitative estimate of drug-likeness (QED) is 0.782. The van der Waals surface area contributed by atoms with Crippen molar-refractivity contribution in [1.29, 1.82) is 0 Å². The van der Waals surface area contributed by atoms with E-state index < -0.39 is 0 Å². The SMILES string of the molecule is CCNCC(C)C(=O)Nc1cn(C)nc1CC. The second-order valence-electron chi connectivity index (χ2n) is 4.21. The number of carbonyl (C=O) groups excluding carboxylic acids is 1. The van der Waals surface area contributed by atoms with E-state index in [1.807, 2.05) is 34.0 Å². The number of aryl methyl sites for hydroxylation is 2. The van der Waals surface area contributed by atoms with Crippen molar-refractivity contribution in [2.24, 2.45) is 13.0 Å². The highest BCUT2D eigenvalue weighted by atomic mass is 16.1. The van der Waals surface area contributed by atoms with Crippen molar-refractivity contribution >= 4 is 11.6 Å². The molecule has 0 saturated heterocycles. The van der Waals surface area contributed by atoms with E-state index in [1.165, 1.54) is 0 Å². The molecule has 0 bridgehead atoms. The lowest BCUT2D eigenvalue weighted by Gasteiger charge is -2.11. The standard InChI is InChI=1S/C12H22N4O/c1-5-10-11(8-16(4)15-10)14-12(17)9(3)7-13-6-2/h8-9,13H,5-7H2,1-4H3,(H,14,17). The van der Waals surface area contributed by atoms with Gasteiger partial charge in [0.05, 0.1) is 11.4 Å². The third-order valence-corrected chi connectivity index (χ3v) is 2.65. The van der Waals surface area contributed by atoms with Crippen LogP contribution in [-0.4, -0.2) is 28.8 Å². The summed E-state index contributed by atoms with van der Waals surface area (Å²) in [7, 11) is 1.86. The summed E-state index contributed by atoms with van der Waals surface area (Å²) >= 11 is 0. The van der Waals surface area contributed by atoms with Gasteiger partial charge in [-0.1, -0.05) is 20.8 Å². The van der Waals surface area contributed by atoms with Gasteiger partial charge in [-0.05, 0) is 13.0 Å². The van der Waals surface area contributed by atoms with Gasteiger partial charge in [-0.2, -0.15) is 5.10 Å². The molecule has 1 rings (SSSR count). The molecule has 5 heteroatoms. The van der Waals surface area contributed by atoms with Crippen LogP contribution in [-0.2, 0) is 18.3 Å². The Kier molecular flexibility index (Phi) is 5.15. The summed E-state index contributed by atoms with van der Waals surface area (Å²) in [4.78, 5) is 11.9. The highest BCUT2D eigenvalue weighted by Gasteiger charge is 2.15. The van der Waals surface area contributed by atoms with Gasteiger partial charge in [0.25, 0.3) is 0 Å². The Bertz CT molecular complexity index is 373. The predicted octanol–water partition coefficient (Wildman–Crippen LogP) is 1.17. The lowest BCUT2D eigenvalue weighted by molar-refractivity contribution is -0.119. The van der Waals surface area contributed by atoms with Gasteiger partial charge in [-0.3, -0.25) is 9.48 Å². The summed E-state index contributed by atoms with van der Waals surface area (Å²) in [6.07, 6.45) is 2.66. The van der Waals surface area contributed by atoms with Crippen LogP contribution in [0.25, 0.3) is 0 Å². The topological polar surface area (TPSA) is 59.0 Å². The molecule has 0 saturated carbocycles.